The Morgan fingerprint density at radius 1 is 1.40 bits per heavy atom. The number of nitrogens with zero attached hydrogens (tertiary/aromatic N) is 1. The highest BCUT2D eigenvalue weighted by molar-refractivity contribution is 7.80. The maximum atomic E-state index is 12.9. The number of rotatable bonds is 4. The first-order chi connectivity index (χ1) is 9.65. The molecular weight excluding hydrogens is 268 g/mol. The average molecular weight is 290 g/mol. The van der Waals surface area contributed by atoms with Gasteiger partial charge in [0.05, 0.1) is 4.99 Å². The van der Waals surface area contributed by atoms with E-state index in [1.807, 2.05) is 35.2 Å². The molecule has 0 radical (unpaired) electrons. The van der Waals surface area contributed by atoms with Crippen molar-refractivity contribution in [3.8, 4) is 0 Å². The van der Waals surface area contributed by atoms with Crippen LogP contribution in [0.4, 0.5) is 0 Å². The molecular formula is C16H22N2OS. The molecule has 1 fully saturated rings. The van der Waals surface area contributed by atoms with Crippen molar-refractivity contribution in [1.82, 2.24) is 4.90 Å². The van der Waals surface area contributed by atoms with Crippen LogP contribution in [0.3, 0.4) is 0 Å². The molecule has 0 saturated carbocycles. The zero-order valence-electron chi connectivity index (χ0n) is 11.9. The first-order valence-electron chi connectivity index (χ1n) is 7.30. The van der Waals surface area contributed by atoms with E-state index < -0.39 is 5.92 Å². The Hall–Kier alpha value is -1.42. The number of hydrogen-bond donors (Lipinski definition) is 1. The molecule has 1 saturated heterocycles. The Morgan fingerprint density at radius 3 is 2.70 bits per heavy atom. The SMILES string of the molecule is CCC1CCCCN1C(=O)C(C(N)=S)c1ccccc1. The van der Waals surface area contributed by atoms with Crippen LogP contribution in [0.1, 0.15) is 44.1 Å². The largest absolute Gasteiger partial charge is 0.392 e. The van der Waals surface area contributed by atoms with Crippen molar-refractivity contribution in [2.75, 3.05) is 6.54 Å². The summed E-state index contributed by atoms with van der Waals surface area (Å²) in [7, 11) is 0. The van der Waals surface area contributed by atoms with Gasteiger partial charge in [0.2, 0.25) is 5.91 Å². The fraction of sp³-hybridized carbons (Fsp3) is 0.500. The van der Waals surface area contributed by atoms with Crippen LogP contribution in [-0.2, 0) is 4.79 Å². The van der Waals surface area contributed by atoms with Crippen molar-refractivity contribution >= 4 is 23.1 Å². The molecule has 4 heteroatoms. The summed E-state index contributed by atoms with van der Waals surface area (Å²) < 4.78 is 0. The Bertz CT molecular complexity index is 475. The number of carbonyl (C=O) groups excluding carboxylic acids is 1. The second-order valence-corrected chi connectivity index (χ2v) is 5.81. The molecule has 1 aliphatic heterocycles. The average Bonchev–Trinajstić information content (AvgIpc) is 2.48. The summed E-state index contributed by atoms with van der Waals surface area (Å²) in [4.78, 5) is 15.1. The number of nitrogens with two attached hydrogens (primary N) is 1. The molecule has 1 aromatic carbocycles. The molecule has 2 unspecified atom stereocenters. The smallest absolute Gasteiger partial charge is 0.237 e. The van der Waals surface area contributed by atoms with Gasteiger partial charge in [0.25, 0.3) is 0 Å². The van der Waals surface area contributed by atoms with Crippen LogP contribution in [0, 0.1) is 0 Å². The van der Waals surface area contributed by atoms with Gasteiger partial charge < -0.3 is 10.6 Å². The third-order valence-electron chi connectivity index (χ3n) is 4.05. The normalized spacial score (nSPS) is 20.4. The van der Waals surface area contributed by atoms with Gasteiger partial charge in [0, 0.05) is 12.6 Å². The van der Waals surface area contributed by atoms with Crippen LogP contribution in [0.2, 0.25) is 0 Å². The third kappa shape index (κ3) is 3.18. The number of benzene rings is 1. The lowest BCUT2D eigenvalue weighted by molar-refractivity contribution is -0.135. The Balaban J connectivity index is 2.25. The zero-order chi connectivity index (χ0) is 14.5. The molecule has 3 nitrogen and oxygen atoms in total. The molecule has 0 spiro atoms. The maximum absolute atomic E-state index is 12.9. The van der Waals surface area contributed by atoms with Crippen LogP contribution in [0.25, 0.3) is 0 Å². The lowest BCUT2D eigenvalue weighted by Gasteiger charge is -2.37. The number of thiocarbonyl (C=S) groups is 1. The number of piperidine rings is 1. The van der Waals surface area contributed by atoms with Crippen LogP contribution < -0.4 is 5.73 Å². The molecule has 2 atom stereocenters. The molecule has 20 heavy (non-hydrogen) atoms. The Morgan fingerprint density at radius 2 is 2.10 bits per heavy atom. The number of carbonyl (C=O) groups is 1. The van der Waals surface area contributed by atoms with Crippen molar-refractivity contribution in [3.05, 3.63) is 35.9 Å². The van der Waals surface area contributed by atoms with Gasteiger partial charge in [-0.1, -0.05) is 49.5 Å². The summed E-state index contributed by atoms with van der Waals surface area (Å²) in [6, 6.07) is 9.94. The van der Waals surface area contributed by atoms with Crippen LogP contribution in [-0.4, -0.2) is 28.4 Å². The predicted octanol–water partition coefficient (Wildman–Crippen LogP) is 2.85. The summed E-state index contributed by atoms with van der Waals surface area (Å²) >= 11 is 5.15. The summed E-state index contributed by atoms with van der Waals surface area (Å²) in [6.07, 6.45) is 4.35. The van der Waals surface area contributed by atoms with E-state index in [4.69, 9.17) is 18.0 Å². The second-order valence-electron chi connectivity index (χ2n) is 5.34. The van der Waals surface area contributed by atoms with Gasteiger partial charge in [0.1, 0.15) is 5.92 Å². The van der Waals surface area contributed by atoms with E-state index in [2.05, 4.69) is 6.92 Å². The molecule has 1 aromatic rings. The van der Waals surface area contributed by atoms with Gasteiger partial charge in [-0.3, -0.25) is 4.79 Å². The monoisotopic (exact) mass is 290 g/mol. The van der Waals surface area contributed by atoms with Gasteiger partial charge in [-0.2, -0.15) is 0 Å². The minimum absolute atomic E-state index is 0.0650. The molecule has 0 bridgehead atoms. The third-order valence-corrected chi connectivity index (χ3v) is 4.28. The lowest BCUT2D eigenvalue weighted by Crippen LogP contribution is -2.47. The molecule has 1 amide bonds. The van der Waals surface area contributed by atoms with Crippen molar-refractivity contribution in [1.29, 1.82) is 0 Å². The number of likely N-dealkylation sites (tertiary alicyclic amines) is 1. The molecule has 2 N–H and O–H groups in total. The highest BCUT2D eigenvalue weighted by Crippen LogP contribution is 2.26. The predicted molar refractivity (Wildman–Crippen MR) is 85.6 cm³/mol. The molecule has 108 valence electrons. The highest BCUT2D eigenvalue weighted by atomic mass is 32.1. The van der Waals surface area contributed by atoms with Gasteiger partial charge in [-0.25, -0.2) is 0 Å². The number of amides is 1. The van der Waals surface area contributed by atoms with Gasteiger partial charge in [0.15, 0.2) is 0 Å². The lowest BCUT2D eigenvalue weighted by atomic mass is 9.93. The molecule has 0 aromatic heterocycles. The van der Waals surface area contributed by atoms with E-state index in [9.17, 15) is 4.79 Å². The van der Waals surface area contributed by atoms with Crippen molar-refractivity contribution < 1.29 is 4.79 Å². The maximum Gasteiger partial charge on any atom is 0.237 e. The Labute approximate surface area is 126 Å². The highest BCUT2D eigenvalue weighted by Gasteiger charge is 2.32. The molecule has 2 rings (SSSR count). The zero-order valence-corrected chi connectivity index (χ0v) is 12.7. The summed E-state index contributed by atoms with van der Waals surface area (Å²) in [6.45, 7) is 2.96. The molecule has 0 aliphatic carbocycles. The fourth-order valence-corrected chi connectivity index (χ4v) is 3.19. The van der Waals surface area contributed by atoms with E-state index in [0.717, 1.165) is 31.4 Å². The summed E-state index contributed by atoms with van der Waals surface area (Å²) in [5, 5.41) is 0. The van der Waals surface area contributed by atoms with E-state index in [1.54, 1.807) is 0 Å². The quantitative estimate of drug-likeness (QED) is 0.867. The van der Waals surface area contributed by atoms with Crippen molar-refractivity contribution in [2.45, 2.75) is 44.6 Å². The first kappa shape index (κ1) is 15.0. The summed E-state index contributed by atoms with van der Waals surface area (Å²) in [5.74, 6) is -0.423. The van der Waals surface area contributed by atoms with Crippen LogP contribution in [0.5, 0.6) is 0 Å². The Kier molecular flexibility index (Phi) is 5.12. The van der Waals surface area contributed by atoms with Crippen molar-refractivity contribution in [3.63, 3.8) is 0 Å². The molecule has 1 aliphatic rings. The second kappa shape index (κ2) is 6.84. The minimum atomic E-state index is -0.488. The van der Waals surface area contributed by atoms with Gasteiger partial charge >= 0.3 is 0 Å². The van der Waals surface area contributed by atoms with E-state index in [-0.39, 0.29) is 10.9 Å². The molecule has 1 heterocycles. The first-order valence-corrected chi connectivity index (χ1v) is 7.70. The summed E-state index contributed by atoms with van der Waals surface area (Å²) in [5.41, 5.74) is 6.74. The fourth-order valence-electron chi connectivity index (χ4n) is 2.96. The van der Waals surface area contributed by atoms with Crippen molar-refractivity contribution in [2.24, 2.45) is 5.73 Å². The standard InChI is InChI=1S/C16H22N2OS/c1-2-13-10-6-7-11-18(13)16(19)14(15(17)20)12-8-4-3-5-9-12/h3-5,8-9,13-14H,2,6-7,10-11H2,1H3,(H2,17,20). The van der Waals surface area contributed by atoms with Gasteiger partial charge in [-0.05, 0) is 31.2 Å². The number of hydrogen-bond acceptors (Lipinski definition) is 2. The van der Waals surface area contributed by atoms with E-state index in [1.165, 1.54) is 6.42 Å². The van der Waals surface area contributed by atoms with Crippen LogP contribution in [0.15, 0.2) is 30.3 Å². The minimum Gasteiger partial charge on any atom is -0.392 e. The van der Waals surface area contributed by atoms with Crippen LogP contribution >= 0.6 is 12.2 Å². The van der Waals surface area contributed by atoms with Gasteiger partial charge in [-0.15, -0.1) is 0 Å². The van der Waals surface area contributed by atoms with E-state index in [0.29, 0.717) is 6.04 Å². The topological polar surface area (TPSA) is 46.3 Å². The van der Waals surface area contributed by atoms with E-state index >= 15 is 0 Å².